The number of ether oxygens (including phenoxy) is 2. The van der Waals surface area contributed by atoms with Crippen LogP contribution in [0.15, 0.2) is 39.7 Å². The lowest BCUT2D eigenvalue weighted by Crippen LogP contribution is -2.31. The largest absolute Gasteiger partial charge is 0.454 e. The Morgan fingerprint density at radius 3 is 2.85 bits per heavy atom. The second kappa shape index (κ2) is 7.06. The van der Waals surface area contributed by atoms with E-state index in [0.29, 0.717) is 21.4 Å². The third-order valence-electron chi connectivity index (χ3n) is 3.98. The fourth-order valence-electron chi connectivity index (χ4n) is 2.68. The van der Waals surface area contributed by atoms with Crippen LogP contribution in [0, 0.1) is 6.92 Å². The van der Waals surface area contributed by atoms with Crippen molar-refractivity contribution in [1.82, 2.24) is 5.32 Å². The summed E-state index contributed by atoms with van der Waals surface area (Å²) in [5.74, 6) is 1.25. The average Bonchev–Trinajstić information content (AvgIpc) is 3.17. The third-order valence-corrected chi connectivity index (χ3v) is 5.93. The molecule has 26 heavy (non-hydrogen) atoms. The van der Waals surface area contributed by atoms with Crippen LogP contribution in [0.2, 0.25) is 5.02 Å². The topological polar surface area (TPSA) is 59.6 Å². The number of aryl methyl sites for hydroxylation is 1. The normalized spacial score (nSPS) is 19.7. The maximum Gasteiger partial charge on any atom is 0.260 e. The van der Waals surface area contributed by atoms with Crippen LogP contribution in [0.5, 0.6) is 11.5 Å². The second-order valence-corrected chi connectivity index (χ2v) is 8.25. The SMILES string of the molecule is Cc1cc(Cl)ccc1NC1NC(=O)/C(=C/c2cc3c(cc2Br)OCO3)S1. The molecule has 0 radical (unpaired) electrons. The molecule has 2 aliphatic heterocycles. The number of carbonyl (C=O) groups excluding carboxylic acids is 1. The van der Waals surface area contributed by atoms with Gasteiger partial charge in [0.05, 0.1) is 4.91 Å². The molecule has 1 amide bonds. The van der Waals surface area contributed by atoms with Crippen molar-refractivity contribution < 1.29 is 14.3 Å². The Hall–Kier alpha value is -1.83. The highest BCUT2D eigenvalue weighted by molar-refractivity contribution is 9.10. The molecule has 0 aliphatic carbocycles. The van der Waals surface area contributed by atoms with Gasteiger partial charge in [-0.1, -0.05) is 39.3 Å². The van der Waals surface area contributed by atoms with Gasteiger partial charge >= 0.3 is 0 Å². The van der Waals surface area contributed by atoms with E-state index in [-0.39, 0.29) is 18.2 Å². The molecule has 1 atom stereocenters. The quantitative estimate of drug-likeness (QED) is 0.658. The molecule has 0 bridgehead atoms. The number of amides is 1. The van der Waals surface area contributed by atoms with Gasteiger partial charge in [0, 0.05) is 15.2 Å². The van der Waals surface area contributed by atoms with Gasteiger partial charge in [0.2, 0.25) is 6.79 Å². The summed E-state index contributed by atoms with van der Waals surface area (Å²) in [5, 5.41) is 6.93. The molecule has 1 saturated heterocycles. The molecular formula is C18H14BrClN2O3S. The predicted octanol–water partition coefficient (Wildman–Crippen LogP) is 4.74. The van der Waals surface area contributed by atoms with Crippen molar-refractivity contribution in [2.45, 2.75) is 12.4 Å². The molecule has 0 aromatic heterocycles. The van der Waals surface area contributed by atoms with Crippen molar-refractivity contribution in [3.05, 3.63) is 55.9 Å². The lowest BCUT2D eigenvalue weighted by molar-refractivity contribution is -0.116. The van der Waals surface area contributed by atoms with E-state index in [9.17, 15) is 4.79 Å². The number of nitrogens with one attached hydrogen (secondary N) is 2. The Morgan fingerprint density at radius 2 is 2.08 bits per heavy atom. The summed E-state index contributed by atoms with van der Waals surface area (Å²) in [4.78, 5) is 12.9. The van der Waals surface area contributed by atoms with Crippen LogP contribution in [-0.4, -0.2) is 18.2 Å². The summed E-state index contributed by atoms with van der Waals surface area (Å²) in [6, 6.07) is 9.31. The summed E-state index contributed by atoms with van der Waals surface area (Å²) in [6.07, 6.45) is 1.84. The van der Waals surface area contributed by atoms with E-state index in [0.717, 1.165) is 21.3 Å². The van der Waals surface area contributed by atoms with Crippen molar-refractivity contribution >= 4 is 57.0 Å². The van der Waals surface area contributed by atoms with E-state index in [1.807, 2.05) is 43.3 Å². The predicted molar refractivity (Wildman–Crippen MR) is 108 cm³/mol. The van der Waals surface area contributed by atoms with Crippen LogP contribution in [-0.2, 0) is 4.79 Å². The van der Waals surface area contributed by atoms with Crippen LogP contribution in [0.4, 0.5) is 5.69 Å². The third kappa shape index (κ3) is 3.51. The van der Waals surface area contributed by atoms with E-state index in [1.165, 1.54) is 11.8 Å². The number of hydrogen-bond donors (Lipinski definition) is 2. The molecule has 134 valence electrons. The lowest BCUT2D eigenvalue weighted by atomic mass is 10.2. The fraction of sp³-hybridized carbons (Fsp3) is 0.167. The monoisotopic (exact) mass is 452 g/mol. The molecule has 0 saturated carbocycles. The minimum atomic E-state index is -0.249. The number of fused-ring (bicyclic) bond motifs is 1. The zero-order valence-corrected chi connectivity index (χ0v) is 16.8. The molecule has 2 N–H and O–H groups in total. The van der Waals surface area contributed by atoms with Gasteiger partial charge < -0.3 is 20.1 Å². The van der Waals surface area contributed by atoms with Gasteiger partial charge in [-0.2, -0.15) is 0 Å². The molecule has 2 aromatic carbocycles. The highest BCUT2D eigenvalue weighted by Crippen LogP contribution is 2.39. The molecule has 1 fully saturated rings. The minimum absolute atomic E-state index is 0.122. The Labute approximate surface area is 168 Å². The zero-order valence-electron chi connectivity index (χ0n) is 13.6. The van der Waals surface area contributed by atoms with Gasteiger partial charge in [0.25, 0.3) is 5.91 Å². The molecule has 0 spiro atoms. The van der Waals surface area contributed by atoms with E-state index in [2.05, 4.69) is 26.6 Å². The van der Waals surface area contributed by atoms with Gasteiger partial charge in [-0.05, 0) is 54.5 Å². The van der Waals surface area contributed by atoms with Crippen molar-refractivity contribution in [1.29, 1.82) is 0 Å². The molecule has 2 aliphatic rings. The van der Waals surface area contributed by atoms with Crippen LogP contribution < -0.4 is 20.1 Å². The van der Waals surface area contributed by atoms with Gasteiger partial charge in [0.15, 0.2) is 17.0 Å². The summed E-state index contributed by atoms with van der Waals surface area (Å²) >= 11 is 10.9. The van der Waals surface area contributed by atoms with E-state index in [4.69, 9.17) is 21.1 Å². The smallest absolute Gasteiger partial charge is 0.260 e. The molecule has 2 aromatic rings. The van der Waals surface area contributed by atoms with Crippen molar-refractivity contribution in [2.24, 2.45) is 0 Å². The Bertz CT molecular complexity index is 935. The zero-order chi connectivity index (χ0) is 18.3. The minimum Gasteiger partial charge on any atom is -0.454 e. The van der Waals surface area contributed by atoms with Crippen molar-refractivity contribution in [3.63, 3.8) is 0 Å². The molecule has 2 heterocycles. The number of thioether (sulfide) groups is 1. The van der Waals surface area contributed by atoms with Gasteiger partial charge in [0.1, 0.15) is 0 Å². The van der Waals surface area contributed by atoms with E-state index < -0.39 is 0 Å². The number of rotatable bonds is 3. The van der Waals surface area contributed by atoms with Gasteiger partial charge in [-0.3, -0.25) is 4.79 Å². The summed E-state index contributed by atoms with van der Waals surface area (Å²) in [5.41, 5.74) is 2.55. The van der Waals surface area contributed by atoms with Crippen molar-refractivity contribution in [2.75, 3.05) is 12.1 Å². The Kier molecular flexibility index (Phi) is 4.77. The van der Waals surface area contributed by atoms with Crippen LogP contribution >= 0.6 is 39.3 Å². The van der Waals surface area contributed by atoms with E-state index in [1.54, 1.807) is 0 Å². The summed E-state index contributed by atoms with van der Waals surface area (Å²) < 4.78 is 11.6. The fourth-order valence-corrected chi connectivity index (χ4v) is 4.31. The van der Waals surface area contributed by atoms with Gasteiger partial charge in [-0.25, -0.2) is 0 Å². The first-order valence-corrected chi connectivity index (χ1v) is 9.86. The first-order chi connectivity index (χ1) is 12.5. The second-order valence-electron chi connectivity index (χ2n) is 5.81. The number of hydrogen-bond acceptors (Lipinski definition) is 5. The highest BCUT2D eigenvalue weighted by Gasteiger charge is 2.28. The number of carbonyl (C=O) groups is 1. The molecular weight excluding hydrogens is 440 g/mol. The lowest BCUT2D eigenvalue weighted by Gasteiger charge is -2.15. The Balaban J connectivity index is 1.54. The van der Waals surface area contributed by atoms with Crippen LogP contribution in [0.25, 0.3) is 6.08 Å². The number of anilines is 1. The van der Waals surface area contributed by atoms with Crippen LogP contribution in [0.1, 0.15) is 11.1 Å². The van der Waals surface area contributed by atoms with Crippen molar-refractivity contribution in [3.8, 4) is 11.5 Å². The van der Waals surface area contributed by atoms with Gasteiger partial charge in [-0.15, -0.1) is 0 Å². The molecule has 4 rings (SSSR count). The summed E-state index contributed by atoms with van der Waals surface area (Å²) in [6.45, 7) is 2.18. The summed E-state index contributed by atoms with van der Waals surface area (Å²) in [7, 11) is 0. The highest BCUT2D eigenvalue weighted by atomic mass is 79.9. The first kappa shape index (κ1) is 17.6. The maximum atomic E-state index is 12.3. The first-order valence-electron chi connectivity index (χ1n) is 7.80. The Morgan fingerprint density at radius 1 is 1.31 bits per heavy atom. The van der Waals surface area contributed by atoms with E-state index >= 15 is 0 Å². The molecule has 1 unspecified atom stereocenters. The number of benzene rings is 2. The average molecular weight is 454 g/mol. The van der Waals surface area contributed by atoms with Crippen LogP contribution in [0.3, 0.4) is 0 Å². The standard InChI is InChI=1S/C18H14BrClN2O3S/c1-9-4-11(20)2-3-13(9)21-18-22-17(23)16(26-18)6-10-5-14-15(7-12(10)19)25-8-24-14/h2-7,18,21H,8H2,1H3,(H,22,23)/b16-6-. The maximum absolute atomic E-state index is 12.3. The molecule has 5 nitrogen and oxygen atoms in total. The number of halogens is 2. The molecule has 8 heteroatoms.